The molecule has 0 bridgehead atoms. The molecule has 5 heteroatoms. The quantitative estimate of drug-likeness (QED) is 0.216. The van der Waals surface area contributed by atoms with Gasteiger partial charge in [0.05, 0.1) is 0 Å². The molecule has 36 heavy (non-hydrogen) atoms. The number of nitriles is 1. The topological polar surface area (TPSA) is 58.5 Å². The number of nitrogens with zero attached hydrogens (tertiary/aromatic N) is 2. The number of ether oxygens (including phenoxy) is 1. The molecule has 4 aromatic carbocycles. The van der Waals surface area contributed by atoms with Crippen molar-refractivity contribution < 1.29 is 9.15 Å². The Balaban J connectivity index is 1.45. The zero-order valence-corrected chi connectivity index (χ0v) is 20.0. The highest BCUT2D eigenvalue weighted by Gasteiger charge is 2.22. The summed E-state index contributed by atoms with van der Waals surface area (Å²) in [6, 6.07) is 37.0. The molecule has 5 rings (SSSR count). The normalized spacial score (nSPS) is 10.9. The maximum Gasteiger partial charge on any atom is 0.238 e. The number of hydrogen-bond donors (Lipinski definition) is 0. The van der Waals surface area contributed by atoms with Crippen molar-refractivity contribution in [1.82, 2.24) is 0 Å². The van der Waals surface area contributed by atoms with E-state index in [0.29, 0.717) is 28.7 Å². The first kappa shape index (κ1) is 23.2. The van der Waals surface area contributed by atoms with Crippen molar-refractivity contribution in [2.24, 2.45) is 4.99 Å². The van der Waals surface area contributed by atoms with Crippen LogP contribution in [0.3, 0.4) is 0 Å². The van der Waals surface area contributed by atoms with Crippen molar-refractivity contribution in [3.63, 3.8) is 0 Å². The number of rotatable bonds is 7. The molecule has 1 heterocycles. The molecule has 174 valence electrons. The van der Waals surface area contributed by atoms with Gasteiger partial charge in [0.15, 0.2) is 0 Å². The lowest BCUT2D eigenvalue weighted by Crippen LogP contribution is -1.95. The number of furan rings is 1. The lowest BCUT2D eigenvalue weighted by atomic mass is 9.98. The van der Waals surface area contributed by atoms with Gasteiger partial charge in [0.25, 0.3) is 0 Å². The molecule has 0 unspecified atom stereocenters. The van der Waals surface area contributed by atoms with Gasteiger partial charge in [-0.1, -0.05) is 96.5 Å². The molecule has 0 saturated carbocycles. The van der Waals surface area contributed by atoms with Crippen LogP contribution in [0.15, 0.2) is 119 Å². The van der Waals surface area contributed by atoms with Crippen LogP contribution in [-0.4, -0.2) is 6.21 Å². The van der Waals surface area contributed by atoms with E-state index in [-0.39, 0.29) is 5.88 Å². The molecule has 4 nitrogen and oxygen atoms in total. The van der Waals surface area contributed by atoms with Gasteiger partial charge in [0, 0.05) is 22.4 Å². The molecule has 0 N–H and O–H groups in total. The fraction of sp³-hybridized carbons (Fsp3) is 0.0323. The van der Waals surface area contributed by atoms with Crippen LogP contribution < -0.4 is 4.74 Å². The lowest BCUT2D eigenvalue weighted by molar-refractivity contribution is 0.306. The molecule has 0 amide bonds. The van der Waals surface area contributed by atoms with Gasteiger partial charge < -0.3 is 9.15 Å². The Labute approximate surface area is 214 Å². The van der Waals surface area contributed by atoms with E-state index in [1.807, 2.05) is 109 Å². The summed E-state index contributed by atoms with van der Waals surface area (Å²) < 4.78 is 12.1. The standard InChI is InChI=1S/C31H21ClN2O2/c32-26-16-14-22(15-17-26)21-35-27-13-7-8-23(18-27)20-34-31-28(19-33)29(24-9-3-1-4-10-24)30(36-31)25-11-5-2-6-12-25/h1-18,20H,21H2. The van der Waals surface area contributed by atoms with Gasteiger partial charge >= 0.3 is 0 Å². The van der Waals surface area contributed by atoms with E-state index in [1.54, 1.807) is 6.21 Å². The van der Waals surface area contributed by atoms with Gasteiger partial charge in [-0.15, -0.1) is 0 Å². The SMILES string of the molecule is N#Cc1c(N=Cc2cccc(OCc3ccc(Cl)cc3)c2)oc(-c2ccccc2)c1-c1ccccc1. The molecule has 0 radical (unpaired) electrons. The maximum atomic E-state index is 10.0. The van der Waals surface area contributed by atoms with Crippen molar-refractivity contribution in [3.05, 3.63) is 131 Å². The summed E-state index contributed by atoms with van der Waals surface area (Å²) in [6.45, 7) is 0.426. The Morgan fingerprint density at radius 1 is 0.833 bits per heavy atom. The summed E-state index contributed by atoms with van der Waals surface area (Å²) >= 11 is 5.95. The minimum atomic E-state index is 0.266. The zero-order valence-electron chi connectivity index (χ0n) is 19.3. The second-order valence-corrected chi connectivity index (χ2v) is 8.51. The molecule has 0 fully saturated rings. The first-order chi connectivity index (χ1) is 17.7. The molecule has 0 atom stereocenters. The van der Waals surface area contributed by atoms with Gasteiger partial charge in [-0.3, -0.25) is 0 Å². The Bertz CT molecular complexity index is 1530. The van der Waals surface area contributed by atoms with Crippen LogP contribution in [0.4, 0.5) is 5.88 Å². The van der Waals surface area contributed by atoms with Crippen molar-refractivity contribution in [3.8, 4) is 34.3 Å². The molecular formula is C31H21ClN2O2. The van der Waals surface area contributed by atoms with E-state index < -0.39 is 0 Å². The van der Waals surface area contributed by atoms with Crippen molar-refractivity contribution in [1.29, 1.82) is 5.26 Å². The van der Waals surface area contributed by atoms with Crippen LogP contribution in [-0.2, 0) is 6.61 Å². The van der Waals surface area contributed by atoms with Crippen molar-refractivity contribution in [2.45, 2.75) is 6.61 Å². The summed E-state index contributed by atoms with van der Waals surface area (Å²) in [7, 11) is 0. The molecule has 0 saturated heterocycles. The average Bonchev–Trinajstić information content (AvgIpc) is 3.31. The largest absolute Gasteiger partial charge is 0.489 e. The fourth-order valence-electron chi connectivity index (χ4n) is 3.85. The van der Waals surface area contributed by atoms with Crippen LogP contribution in [0.1, 0.15) is 16.7 Å². The average molecular weight is 489 g/mol. The third-order valence-corrected chi connectivity index (χ3v) is 5.86. The second-order valence-electron chi connectivity index (χ2n) is 8.08. The monoisotopic (exact) mass is 488 g/mol. The molecule has 0 aliphatic rings. The summed E-state index contributed by atoms with van der Waals surface area (Å²) in [4.78, 5) is 4.56. The van der Waals surface area contributed by atoms with E-state index >= 15 is 0 Å². The van der Waals surface area contributed by atoms with E-state index in [0.717, 1.165) is 27.8 Å². The van der Waals surface area contributed by atoms with Gasteiger partial charge in [-0.2, -0.15) is 5.26 Å². The number of aliphatic imine (C=N–C) groups is 1. The third-order valence-electron chi connectivity index (χ3n) is 5.61. The fourth-order valence-corrected chi connectivity index (χ4v) is 3.98. The predicted octanol–water partition coefficient (Wildman–Crippen LogP) is 8.47. The highest BCUT2D eigenvalue weighted by Crippen LogP contribution is 2.42. The Morgan fingerprint density at radius 2 is 1.53 bits per heavy atom. The first-order valence-corrected chi connectivity index (χ1v) is 11.8. The van der Waals surface area contributed by atoms with Crippen molar-refractivity contribution in [2.75, 3.05) is 0 Å². The minimum absolute atomic E-state index is 0.266. The van der Waals surface area contributed by atoms with E-state index in [2.05, 4.69) is 11.1 Å². The highest BCUT2D eigenvalue weighted by molar-refractivity contribution is 6.30. The van der Waals surface area contributed by atoms with Crippen LogP contribution >= 0.6 is 11.6 Å². The molecule has 1 aromatic heterocycles. The smallest absolute Gasteiger partial charge is 0.238 e. The highest BCUT2D eigenvalue weighted by atomic mass is 35.5. The van der Waals surface area contributed by atoms with E-state index in [4.69, 9.17) is 20.8 Å². The number of hydrogen-bond acceptors (Lipinski definition) is 4. The van der Waals surface area contributed by atoms with Crippen LogP contribution in [0, 0.1) is 11.3 Å². The summed E-state index contributed by atoms with van der Waals surface area (Å²) in [6.07, 6.45) is 1.68. The molecular weight excluding hydrogens is 468 g/mol. The van der Waals surface area contributed by atoms with Crippen LogP contribution in [0.25, 0.3) is 22.5 Å². The second kappa shape index (κ2) is 10.8. The Hall–Kier alpha value is -4.59. The van der Waals surface area contributed by atoms with Crippen LogP contribution in [0.5, 0.6) is 5.75 Å². The first-order valence-electron chi connectivity index (χ1n) is 11.4. The van der Waals surface area contributed by atoms with Gasteiger partial charge in [-0.05, 0) is 41.0 Å². The lowest BCUT2D eigenvalue weighted by Gasteiger charge is -2.07. The Kier molecular flexibility index (Phi) is 6.93. The molecule has 0 aliphatic carbocycles. The van der Waals surface area contributed by atoms with Gasteiger partial charge in [0.2, 0.25) is 5.88 Å². The molecule has 0 aliphatic heterocycles. The summed E-state index contributed by atoms with van der Waals surface area (Å²) in [5.74, 6) is 1.59. The third kappa shape index (κ3) is 5.22. The number of halogens is 1. The van der Waals surface area contributed by atoms with Gasteiger partial charge in [0.1, 0.15) is 29.7 Å². The minimum Gasteiger partial charge on any atom is -0.489 e. The zero-order chi connectivity index (χ0) is 24.7. The maximum absolute atomic E-state index is 10.0. The molecule has 5 aromatic rings. The van der Waals surface area contributed by atoms with Crippen LogP contribution in [0.2, 0.25) is 5.02 Å². The van der Waals surface area contributed by atoms with E-state index in [9.17, 15) is 5.26 Å². The van der Waals surface area contributed by atoms with Crippen molar-refractivity contribution >= 4 is 23.7 Å². The summed E-state index contributed by atoms with van der Waals surface area (Å²) in [5.41, 5.74) is 4.76. The number of benzene rings is 4. The predicted molar refractivity (Wildman–Crippen MR) is 144 cm³/mol. The summed E-state index contributed by atoms with van der Waals surface area (Å²) in [5, 5.41) is 10.7. The molecule has 0 spiro atoms. The Morgan fingerprint density at radius 3 is 2.22 bits per heavy atom. The van der Waals surface area contributed by atoms with E-state index in [1.165, 1.54) is 0 Å². The van der Waals surface area contributed by atoms with Gasteiger partial charge in [-0.25, -0.2) is 4.99 Å².